The summed E-state index contributed by atoms with van der Waals surface area (Å²) in [4.78, 5) is 27.7. The second kappa shape index (κ2) is 10.6. The molecule has 7 nitrogen and oxygen atoms in total. The van der Waals surface area contributed by atoms with Gasteiger partial charge in [-0.05, 0) is 25.0 Å². The molecule has 1 saturated heterocycles. The second-order valence-electron chi connectivity index (χ2n) is 7.86. The molecule has 2 aromatic rings. The number of para-hydroxylation sites is 1. The van der Waals surface area contributed by atoms with E-state index in [0.717, 1.165) is 25.9 Å². The summed E-state index contributed by atoms with van der Waals surface area (Å²) in [5.74, 6) is -0.604. The van der Waals surface area contributed by atoms with Crippen LogP contribution in [-0.4, -0.2) is 59.5 Å². The maximum absolute atomic E-state index is 14.3. The summed E-state index contributed by atoms with van der Waals surface area (Å²) in [7, 11) is 0. The quantitative estimate of drug-likeness (QED) is 0.697. The summed E-state index contributed by atoms with van der Waals surface area (Å²) in [6, 6.07) is 7.60. The molecule has 0 saturated carbocycles. The molecule has 3 rings (SSSR count). The van der Waals surface area contributed by atoms with Crippen molar-refractivity contribution in [2.75, 3.05) is 32.8 Å². The molecule has 1 N–H and O–H groups in total. The van der Waals surface area contributed by atoms with Gasteiger partial charge in [0.25, 0.3) is 5.91 Å². The number of nitrogens with one attached hydrogen (secondary N) is 1. The zero-order valence-electron chi connectivity index (χ0n) is 18.4. The van der Waals surface area contributed by atoms with Gasteiger partial charge in [-0.25, -0.2) is 9.07 Å². The zero-order valence-corrected chi connectivity index (χ0v) is 18.4. The second-order valence-corrected chi connectivity index (χ2v) is 7.86. The van der Waals surface area contributed by atoms with Crippen molar-refractivity contribution in [2.24, 2.45) is 5.92 Å². The van der Waals surface area contributed by atoms with Gasteiger partial charge in [0.1, 0.15) is 11.5 Å². The Morgan fingerprint density at radius 1 is 1.23 bits per heavy atom. The highest BCUT2D eigenvalue weighted by atomic mass is 19.1. The van der Waals surface area contributed by atoms with Crippen molar-refractivity contribution < 1.29 is 13.9 Å². The van der Waals surface area contributed by atoms with Crippen LogP contribution in [0.1, 0.15) is 42.9 Å². The number of carbonyl (C=O) groups excluding carboxylic acids is 1. The first-order valence-electron chi connectivity index (χ1n) is 10.9. The van der Waals surface area contributed by atoms with E-state index in [0.29, 0.717) is 31.4 Å². The first-order valence-corrected chi connectivity index (χ1v) is 10.9. The van der Waals surface area contributed by atoms with Gasteiger partial charge in [0.05, 0.1) is 13.2 Å². The van der Waals surface area contributed by atoms with Gasteiger partial charge in [0, 0.05) is 37.4 Å². The average Bonchev–Trinajstić information content (AvgIpc) is 2.78. The molecule has 1 unspecified atom stereocenters. The van der Waals surface area contributed by atoms with E-state index < -0.39 is 17.2 Å². The Morgan fingerprint density at radius 3 is 2.55 bits per heavy atom. The average molecular weight is 431 g/mol. The maximum Gasteiger partial charge on any atom is 0.275 e. The first-order chi connectivity index (χ1) is 15.0. The molecule has 0 aliphatic carbocycles. The Labute approximate surface area is 182 Å². The van der Waals surface area contributed by atoms with Crippen molar-refractivity contribution in [1.82, 2.24) is 20.0 Å². The Hall–Kier alpha value is -2.58. The molecule has 1 aromatic heterocycles. The van der Waals surface area contributed by atoms with Crippen LogP contribution in [0.3, 0.4) is 0 Å². The summed E-state index contributed by atoms with van der Waals surface area (Å²) in [5.41, 5.74) is -0.0701. The van der Waals surface area contributed by atoms with Crippen LogP contribution in [-0.2, 0) is 4.74 Å². The van der Waals surface area contributed by atoms with Gasteiger partial charge in [-0.3, -0.25) is 14.5 Å². The van der Waals surface area contributed by atoms with Gasteiger partial charge in [-0.2, -0.15) is 5.10 Å². The van der Waals surface area contributed by atoms with E-state index in [1.54, 1.807) is 25.1 Å². The number of aromatic nitrogens is 2. The monoisotopic (exact) mass is 430 g/mol. The van der Waals surface area contributed by atoms with Crippen molar-refractivity contribution >= 4 is 5.91 Å². The first kappa shape index (κ1) is 23.1. The summed E-state index contributed by atoms with van der Waals surface area (Å²) in [6.07, 6.45) is 1.99. The van der Waals surface area contributed by atoms with Crippen LogP contribution < -0.4 is 10.7 Å². The Morgan fingerprint density at radius 2 is 1.90 bits per heavy atom. The van der Waals surface area contributed by atoms with Gasteiger partial charge >= 0.3 is 0 Å². The number of hydrogen-bond acceptors (Lipinski definition) is 5. The molecular formula is C23H31FN4O3. The third-order valence-electron chi connectivity index (χ3n) is 5.98. The van der Waals surface area contributed by atoms with Gasteiger partial charge in [-0.1, -0.05) is 38.8 Å². The number of halogens is 1. The highest BCUT2D eigenvalue weighted by Gasteiger charge is 2.28. The Kier molecular flexibility index (Phi) is 7.92. The molecule has 31 heavy (non-hydrogen) atoms. The van der Waals surface area contributed by atoms with E-state index in [4.69, 9.17) is 4.74 Å². The Bertz CT molecular complexity index is 952. The van der Waals surface area contributed by atoms with Crippen LogP contribution in [0.2, 0.25) is 0 Å². The lowest BCUT2D eigenvalue weighted by Gasteiger charge is -2.38. The molecule has 0 bridgehead atoms. The SMILES string of the molecule is CCC(CC)C(CNC(=O)c1nn(-c2ccccc2F)c(C)cc1=O)N1CCOCC1. The van der Waals surface area contributed by atoms with Crippen molar-refractivity contribution in [3.05, 3.63) is 57.8 Å². The predicted octanol–water partition coefficient (Wildman–Crippen LogP) is 2.55. The molecular weight excluding hydrogens is 399 g/mol. The van der Waals surface area contributed by atoms with Crippen LogP contribution in [0, 0.1) is 18.7 Å². The number of hydrogen-bond donors (Lipinski definition) is 1. The highest BCUT2D eigenvalue weighted by molar-refractivity contribution is 5.92. The standard InChI is InChI=1S/C23H31FN4O3/c1-4-17(5-2)20(27-10-12-31-13-11-27)15-25-23(30)22-21(29)14-16(3)28(26-22)19-9-7-6-8-18(19)24/h6-9,14,17,20H,4-5,10-13,15H2,1-3H3,(H,25,30). The van der Waals surface area contributed by atoms with Crippen LogP contribution in [0.5, 0.6) is 0 Å². The van der Waals surface area contributed by atoms with E-state index in [2.05, 4.69) is 29.2 Å². The number of rotatable bonds is 8. The van der Waals surface area contributed by atoms with Crippen molar-refractivity contribution in [1.29, 1.82) is 0 Å². The van der Waals surface area contributed by atoms with E-state index in [9.17, 15) is 14.0 Å². The predicted molar refractivity (Wildman–Crippen MR) is 117 cm³/mol. The van der Waals surface area contributed by atoms with Gasteiger partial charge in [0.2, 0.25) is 5.43 Å². The van der Waals surface area contributed by atoms with Gasteiger partial charge in [-0.15, -0.1) is 0 Å². The lowest BCUT2D eigenvalue weighted by Crippen LogP contribution is -2.52. The smallest absolute Gasteiger partial charge is 0.275 e. The fraction of sp³-hybridized carbons (Fsp3) is 0.522. The summed E-state index contributed by atoms with van der Waals surface area (Å²) < 4.78 is 21.0. The Balaban J connectivity index is 1.82. The molecule has 1 amide bonds. The third-order valence-corrected chi connectivity index (χ3v) is 5.98. The minimum Gasteiger partial charge on any atom is -0.379 e. The topological polar surface area (TPSA) is 76.5 Å². The lowest BCUT2D eigenvalue weighted by atomic mass is 9.92. The lowest BCUT2D eigenvalue weighted by molar-refractivity contribution is 0.00189. The van der Waals surface area contributed by atoms with Crippen LogP contribution >= 0.6 is 0 Å². The maximum atomic E-state index is 14.3. The van der Waals surface area contributed by atoms with E-state index >= 15 is 0 Å². The molecule has 1 fully saturated rings. The fourth-order valence-corrected chi connectivity index (χ4v) is 4.19. The molecule has 8 heteroatoms. The molecule has 1 aliphatic heterocycles. The summed E-state index contributed by atoms with van der Waals surface area (Å²) in [6.45, 7) is 9.37. The van der Waals surface area contributed by atoms with E-state index in [1.807, 2.05) is 0 Å². The molecule has 1 atom stereocenters. The third kappa shape index (κ3) is 5.37. The normalized spacial score (nSPS) is 15.8. The minimum atomic E-state index is -0.542. The molecule has 0 radical (unpaired) electrons. The number of nitrogens with zero attached hydrogens (tertiary/aromatic N) is 3. The van der Waals surface area contributed by atoms with Crippen molar-refractivity contribution in [3.8, 4) is 5.69 Å². The number of morpholine rings is 1. The number of amides is 1. The summed E-state index contributed by atoms with van der Waals surface area (Å²) >= 11 is 0. The number of aryl methyl sites for hydroxylation is 1. The minimum absolute atomic E-state index is 0.155. The molecule has 1 aliphatic rings. The number of ether oxygens (including phenoxy) is 1. The molecule has 1 aromatic carbocycles. The largest absolute Gasteiger partial charge is 0.379 e. The number of carbonyl (C=O) groups is 1. The molecule has 2 heterocycles. The van der Waals surface area contributed by atoms with Crippen LogP contribution in [0.15, 0.2) is 35.1 Å². The van der Waals surface area contributed by atoms with E-state index in [-0.39, 0.29) is 17.4 Å². The van der Waals surface area contributed by atoms with Crippen LogP contribution in [0.4, 0.5) is 4.39 Å². The van der Waals surface area contributed by atoms with Crippen molar-refractivity contribution in [2.45, 2.75) is 39.7 Å². The van der Waals surface area contributed by atoms with Crippen molar-refractivity contribution in [3.63, 3.8) is 0 Å². The number of benzene rings is 1. The van der Waals surface area contributed by atoms with Crippen LogP contribution in [0.25, 0.3) is 5.69 Å². The van der Waals surface area contributed by atoms with Gasteiger partial charge in [0.15, 0.2) is 5.69 Å². The fourth-order valence-electron chi connectivity index (χ4n) is 4.19. The van der Waals surface area contributed by atoms with E-state index in [1.165, 1.54) is 16.8 Å². The molecule has 0 spiro atoms. The highest BCUT2D eigenvalue weighted by Crippen LogP contribution is 2.20. The summed E-state index contributed by atoms with van der Waals surface area (Å²) in [5, 5.41) is 7.11. The zero-order chi connectivity index (χ0) is 22.4. The van der Waals surface area contributed by atoms with Gasteiger partial charge < -0.3 is 10.1 Å². The molecule has 168 valence electrons.